The minimum atomic E-state index is -1.19. The molecule has 7 nitrogen and oxygen atoms in total. The van der Waals surface area contributed by atoms with Crippen LogP contribution in [-0.2, 0) is 4.74 Å². The molecule has 4 atom stereocenters. The molecule has 5 N–H and O–H groups in total. The summed E-state index contributed by atoms with van der Waals surface area (Å²) in [7, 11) is 0. The van der Waals surface area contributed by atoms with Crippen LogP contribution in [0.15, 0.2) is 24.3 Å². The number of hydrogen-bond acceptors (Lipinski definition) is 7. The second kappa shape index (κ2) is 10.4. The second-order valence-electron chi connectivity index (χ2n) is 6.31. The Kier molecular flexibility index (Phi) is 8.85. The van der Waals surface area contributed by atoms with Gasteiger partial charge in [-0.25, -0.2) is 4.79 Å². The van der Waals surface area contributed by atoms with E-state index >= 15 is 0 Å². The van der Waals surface area contributed by atoms with Gasteiger partial charge in [0.15, 0.2) is 0 Å². The van der Waals surface area contributed by atoms with E-state index in [4.69, 9.17) is 9.84 Å². The number of carbonyl (C=O) groups excluding carboxylic acids is 1. The van der Waals surface area contributed by atoms with Gasteiger partial charge in [0.05, 0.1) is 37.1 Å². The minimum absolute atomic E-state index is 0.0568. The molecule has 0 saturated heterocycles. The van der Waals surface area contributed by atoms with Crippen LogP contribution >= 0.6 is 0 Å². The third-order valence-electron chi connectivity index (χ3n) is 4.10. The van der Waals surface area contributed by atoms with Gasteiger partial charge in [0, 0.05) is 18.2 Å². The highest BCUT2D eigenvalue weighted by Gasteiger charge is 2.33. The van der Waals surface area contributed by atoms with Crippen LogP contribution in [-0.4, -0.2) is 64.5 Å². The Hall–Kier alpha value is -1.67. The average molecular weight is 355 g/mol. The number of anilines is 1. The van der Waals surface area contributed by atoms with Gasteiger partial charge in [0.25, 0.3) is 0 Å². The van der Waals surface area contributed by atoms with Crippen molar-refractivity contribution in [1.82, 2.24) is 0 Å². The number of ether oxygens (including phenoxy) is 1. The van der Waals surface area contributed by atoms with E-state index in [0.717, 1.165) is 0 Å². The molecule has 0 aliphatic carbocycles. The van der Waals surface area contributed by atoms with Crippen molar-refractivity contribution in [3.05, 3.63) is 29.8 Å². The van der Waals surface area contributed by atoms with Crippen molar-refractivity contribution in [1.29, 1.82) is 0 Å². The van der Waals surface area contributed by atoms with Crippen molar-refractivity contribution < 1.29 is 30.0 Å². The molecular formula is C18H29NO6. The van der Waals surface area contributed by atoms with Gasteiger partial charge in [-0.05, 0) is 37.1 Å². The van der Waals surface area contributed by atoms with Gasteiger partial charge < -0.3 is 30.5 Å². The maximum Gasteiger partial charge on any atom is 0.338 e. The highest BCUT2D eigenvalue weighted by Crippen LogP contribution is 2.22. The smallest absolute Gasteiger partial charge is 0.338 e. The zero-order valence-electron chi connectivity index (χ0n) is 14.9. The molecule has 0 saturated carbocycles. The monoisotopic (exact) mass is 355 g/mol. The quantitative estimate of drug-likeness (QED) is 0.390. The predicted octanol–water partition coefficient (Wildman–Crippen LogP) is 0.622. The summed E-state index contributed by atoms with van der Waals surface area (Å²) in [6, 6.07) is 6.56. The van der Waals surface area contributed by atoms with Crippen LogP contribution < -0.4 is 5.32 Å². The lowest BCUT2D eigenvalue weighted by molar-refractivity contribution is -0.0815. The summed E-state index contributed by atoms with van der Waals surface area (Å²) < 4.78 is 4.90. The Morgan fingerprint density at radius 3 is 2.20 bits per heavy atom. The number of aliphatic hydroxyl groups excluding tert-OH is 4. The van der Waals surface area contributed by atoms with Gasteiger partial charge in [-0.3, -0.25) is 0 Å². The normalized spacial score (nSPS) is 16.2. The zero-order valence-corrected chi connectivity index (χ0v) is 14.9. The van der Waals surface area contributed by atoms with E-state index in [1.165, 1.54) is 0 Å². The number of aliphatic hydroxyl groups is 4. The number of esters is 1. The van der Waals surface area contributed by atoms with Crippen molar-refractivity contribution >= 4 is 11.7 Å². The van der Waals surface area contributed by atoms with Gasteiger partial charge in [-0.1, -0.05) is 13.8 Å². The van der Waals surface area contributed by atoms with Crippen LogP contribution in [0.1, 0.15) is 31.1 Å². The first-order chi connectivity index (χ1) is 11.8. The van der Waals surface area contributed by atoms with E-state index in [9.17, 15) is 20.1 Å². The van der Waals surface area contributed by atoms with E-state index in [1.807, 2.05) is 0 Å². The Balaban J connectivity index is 2.62. The molecule has 0 aliphatic heterocycles. The van der Waals surface area contributed by atoms with Gasteiger partial charge >= 0.3 is 5.97 Å². The van der Waals surface area contributed by atoms with Crippen LogP contribution in [0.3, 0.4) is 0 Å². The van der Waals surface area contributed by atoms with Gasteiger partial charge in [-0.15, -0.1) is 0 Å². The summed E-state index contributed by atoms with van der Waals surface area (Å²) in [4.78, 5) is 11.6. The summed E-state index contributed by atoms with van der Waals surface area (Å²) >= 11 is 0. The Morgan fingerprint density at radius 1 is 1.12 bits per heavy atom. The molecule has 7 heteroatoms. The van der Waals surface area contributed by atoms with E-state index < -0.39 is 36.8 Å². The molecule has 1 aromatic rings. The van der Waals surface area contributed by atoms with E-state index in [-0.39, 0.29) is 12.5 Å². The van der Waals surface area contributed by atoms with Crippen LogP contribution in [0.2, 0.25) is 0 Å². The maximum absolute atomic E-state index is 11.6. The molecule has 0 spiro atoms. The van der Waals surface area contributed by atoms with Crippen molar-refractivity contribution in [3.8, 4) is 0 Å². The SMILES string of the molecule is CCOC(=O)c1ccc(NCC(O)C(O)C(C(C)C)C(O)CO)cc1. The van der Waals surface area contributed by atoms with Crippen LogP contribution in [0.5, 0.6) is 0 Å². The summed E-state index contributed by atoms with van der Waals surface area (Å²) in [5, 5.41) is 42.4. The first kappa shape index (κ1) is 21.4. The standard InChI is InChI=1S/C18H29NO6/c1-4-25-18(24)12-5-7-13(8-6-12)19-9-14(21)17(23)16(11(2)3)15(22)10-20/h5-8,11,14-17,19-23H,4,9-10H2,1-3H3. The predicted molar refractivity (Wildman–Crippen MR) is 94.3 cm³/mol. The fraction of sp³-hybridized carbons (Fsp3) is 0.611. The molecular weight excluding hydrogens is 326 g/mol. The number of carbonyl (C=O) groups is 1. The molecule has 4 unspecified atom stereocenters. The highest BCUT2D eigenvalue weighted by atomic mass is 16.5. The van der Waals surface area contributed by atoms with Crippen molar-refractivity contribution in [2.24, 2.45) is 11.8 Å². The summed E-state index contributed by atoms with van der Waals surface area (Å²) in [5.74, 6) is -1.16. The van der Waals surface area contributed by atoms with E-state index in [2.05, 4.69) is 5.32 Å². The van der Waals surface area contributed by atoms with E-state index in [0.29, 0.717) is 17.9 Å². The van der Waals surface area contributed by atoms with Crippen molar-refractivity contribution in [3.63, 3.8) is 0 Å². The first-order valence-corrected chi connectivity index (χ1v) is 8.47. The van der Waals surface area contributed by atoms with Crippen LogP contribution in [0.25, 0.3) is 0 Å². The Bertz CT molecular complexity index is 519. The number of nitrogens with one attached hydrogen (secondary N) is 1. The van der Waals surface area contributed by atoms with Crippen molar-refractivity contribution in [2.75, 3.05) is 25.1 Å². The average Bonchev–Trinajstić information content (AvgIpc) is 2.59. The van der Waals surface area contributed by atoms with Crippen LogP contribution in [0, 0.1) is 11.8 Å². The zero-order chi connectivity index (χ0) is 19.0. The highest BCUT2D eigenvalue weighted by molar-refractivity contribution is 5.89. The molecule has 142 valence electrons. The lowest BCUT2D eigenvalue weighted by Gasteiger charge is -2.32. The number of hydrogen-bond donors (Lipinski definition) is 5. The summed E-state index contributed by atoms with van der Waals surface area (Å²) in [6.45, 7) is 5.23. The largest absolute Gasteiger partial charge is 0.462 e. The van der Waals surface area contributed by atoms with E-state index in [1.54, 1.807) is 45.0 Å². The van der Waals surface area contributed by atoms with Gasteiger partial charge in [-0.2, -0.15) is 0 Å². The van der Waals surface area contributed by atoms with Gasteiger partial charge in [0.1, 0.15) is 0 Å². The third kappa shape index (κ3) is 6.28. The molecule has 0 aliphatic rings. The Labute approximate surface area is 148 Å². The molecule has 0 aromatic heterocycles. The van der Waals surface area contributed by atoms with Crippen molar-refractivity contribution in [2.45, 2.75) is 39.1 Å². The number of rotatable bonds is 10. The summed E-state index contributed by atoms with van der Waals surface area (Å²) in [6.07, 6.45) is -3.42. The maximum atomic E-state index is 11.6. The topological polar surface area (TPSA) is 119 Å². The fourth-order valence-electron chi connectivity index (χ4n) is 2.73. The molecule has 0 amide bonds. The molecule has 1 aromatic carbocycles. The molecule has 25 heavy (non-hydrogen) atoms. The third-order valence-corrected chi connectivity index (χ3v) is 4.10. The lowest BCUT2D eigenvalue weighted by Crippen LogP contribution is -2.46. The Morgan fingerprint density at radius 2 is 1.72 bits per heavy atom. The summed E-state index contributed by atoms with van der Waals surface area (Å²) in [5.41, 5.74) is 1.10. The molecule has 0 radical (unpaired) electrons. The fourth-order valence-corrected chi connectivity index (χ4v) is 2.73. The van der Waals surface area contributed by atoms with Crippen LogP contribution in [0.4, 0.5) is 5.69 Å². The lowest BCUT2D eigenvalue weighted by atomic mass is 9.83. The molecule has 0 fully saturated rings. The molecule has 1 rings (SSSR count). The second-order valence-corrected chi connectivity index (χ2v) is 6.31. The minimum Gasteiger partial charge on any atom is -0.462 e. The first-order valence-electron chi connectivity index (χ1n) is 8.47. The molecule has 0 bridgehead atoms. The molecule has 0 heterocycles. The van der Waals surface area contributed by atoms with Gasteiger partial charge in [0.2, 0.25) is 0 Å². The number of benzene rings is 1.